The highest BCUT2D eigenvalue weighted by Gasteiger charge is 2.12. The van der Waals surface area contributed by atoms with Gasteiger partial charge in [-0.2, -0.15) is 5.26 Å². The number of allylic oxidation sites excluding steroid dienone is 1. The van der Waals surface area contributed by atoms with Crippen molar-refractivity contribution in [2.45, 2.75) is 19.8 Å². The van der Waals surface area contributed by atoms with Crippen LogP contribution < -0.4 is 9.84 Å². The Labute approximate surface area is 152 Å². The second-order valence-electron chi connectivity index (χ2n) is 5.68. The molecule has 0 aliphatic heterocycles. The van der Waals surface area contributed by atoms with Crippen molar-refractivity contribution in [1.29, 1.82) is 5.26 Å². The van der Waals surface area contributed by atoms with E-state index in [1.165, 1.54) is 6.08 Å². The minimum Gasteiger partial charge on any atom is -0.546 e. The molecule has 0 saturated carbocycles. The Bertz CT molecular complexity index is 843. The van der Waals surface area contributed by atoms with Crippen molar-refractivity contribution < 1.29 is 19.4 Å². The molecule has 2 aromatic rings. The number of carboxylic acids is 1. The first-order chi connectivity index (χ1) is 12.5. The molecule has 26 heavy (non-hydrogen) atoms. The zero-order valence-corrected chi connectivity index (χ0v) is 14.4. The quantitative estimate of drug-likeness (QED) is 0.415. The van der Waals surface area contributed by atoms with E-state index in [2.05, 4.69) is 6.92 Å². The third kappa shape index (κ3) is 5.32. The average molecular weight is 348 g/mol. The number of hydrogen-bond donors (Lipinski definition) is 0. The smallest absolute Gasteiger partial charge is 0.203 e. The van der Waals surface area contributed by atoms with Crippen LogP contribution in [0.5, 0.6) is 5.75 Å². The maximum Gasteiger partial charge on any atom is 0.203 e. The molecule has 0 bridgehead atoms. The zero-order valence-electron chi connectivity index (χ0n) is 14.4. The molecule has 2 aromatic carbocycles. The fourth-order valence-electron chi connectivity index (χ4n) is 2.38. The first kappa shape index (κ1) is 18.9. The van der Waals surface area contributed by atoms with Gasteiger partial charge in [0.05, 0.1) is 5.97 Å². The van der Waals surface area contributed by atoms with Crippen LogP contribution in [0.1, 0.15) is 34.8 Å². The van der Waals surface area contributed by atoms with Crippen molar-refractivity contribution in [2.75, 3.05) is 6.61 Å². The van der Waals surface area contributed by atoms with Gasteiger partial charge in [-0.1, -0.05) is 49.7 Å². The van der Waals surface area contributed by atoms with Gasteiger partial charge in [0.15, 0.2) is 0 Å². The van der Waals surface area contributed by atoms with E-state index in [0.29, 0.717) is 16.9 Å². The Morgan fingerprint density at radius 2 is 1.77 bits per heavy atom. The summed E-state index contributed by atoms with van der Waals surface area (Å²) in [5, 5.41) is 19.7. The van der Waals surface area contributed by atoms with Gasteiger partial charge in [-0.3, -0.25) is 4.79 Å². The van der Waals surface area contributed by atoms with Gasteiger partial charge in [-0.05, 0) is 35.8 Å². The molecule has 0 atom stereocenters. The highest BCUT2D eigenvalue weighted by molar-refractivity contribution is 6.14. The van der Waals surface area contributed by atoms with Crippen LogP contribution in [0.3, 0.4) is 0 Å². The highest BCUT2D eigenvalue weighted by Crippen LogP contribution is 2.17. The van der Waals surface area contributed by atoms with Gasteiger partial charge in [0.2, 0.25) is 5.78 Å². The maximum atomic E-state index is 12.5. The van der Waals surface area contributed by atoms with E-state index in [0.717, 1.165) is 18.4 Å². The van der Waals surface area contributed by atoms with Crippen molar-refractivity contribution in [3.63, 3.8) is 0 Å². The van der Waals surface area contributed by atoms with Crippen LogP contribution in [-0.2, 0) is 11.2 Å². The number of hydrogen-bond acceptors (Lipinski definition) is 5. The SMILES string of the molecule is CCCc1ccc(C(=O)/C(C#N)=C/c2ccc(OCC(=O)[O-])cc2)cc1. The highest BCUT2D eigenvalue weighted by atomic mass is 16.5. The van der Waals surface area contributed by atoms with Crippen LogP contribution >= 0.6 is 0 Å². The summed E-state index contributed by atoms with van der Waals surface area (Å²) in [5.41, 5.74) is 2.28. The van der Waals surface area contributed by atoms with Gasteiger partial charge < -0.3 is 14.6 Å². The van der Waals surface area contributed by atoms with E-state index >= 15 is 0 Å². The standard InChI is InChI=1S/C21H19NO4/c1-2-3-15-4-8-17(9-5-15)21(25)18(13-22)12-16-6-10-19(11-7-16)26-14-20(23)24/h4-12H,2-3,14H2,1H3,(H,23,24)/p-1/b18-12+. The molecule has 132 valence electrons. The number of ether oxygens (including phenoxy) is 1. The van der Waals surface area contributed by atoms with Gasteiger partial charge in [0, 0.05) is 5.56 Å². The number of ketones is 1. The fourth-order valence-corrected chi connectivity index (χ4v) is 2.38. The number of carbonyl (C=O) groups excluding carboxylic acids is 2. The van der Waals surface area contributed by atoms with Crippen molar-refractivity contribution >= 4 is 17.8 Å². The van der Waals surface area contributed by atoms with Crippen molar-refractivity contribution in [2.24, 2.45) is 0 Å². The normalized spacial score (nSPS) is 10.8. The first-order valence-electron chi connectivity index (χ1n) is 8.21. The summed E-state index contributed by atoms with van der Waals surface area (Å²) in [6, 6.07) is 15.6. The molecule has 0 N–H and O–H groups in total. The predicted molar refractivity (Wildman–Crippen MR) is 95.3 cm³/mol. The molecule has 0 saturated heterocycles. The summed E-state index contributed by atoms with van der Waals surface area (Å²) in [4.78, 5) is 22.9. The molecule has 2 rings (SSSR count). The lowest BCUT2D eigenvalue weighted by molar-refractivity contribution is -0.307. The van der Waals surface area contributed by atoms with Crippen molar-refractivity contribution in [1.82, 2.24) is 0 Å². The van der Waals surface area contributed by atoms with Gasteiger partial charge >= 0.3 is 0 Å². The molecule has 0 aliphatic rings. The van der Waals surface area contributed by atoms with E-state index < -0.39 is 12.6 Å². The van der Waals surface area contributed by atoms with Gasteiger partial charge in [-0.25, -0.2) is 0 Å². The molecule has 0 unspecified atom stereocenters. The van der Waals surface area contributed by atoms with Crippen LogP contribution in [0, 0.1) is 11.3 Å². The second-order valence-corrected chi connectivity index (χ2v) is 5.68. The number of benzene rings is 2. The van der Waals surface area contributed by atoms with Crippen LogP contribution in [-0.4, -0.2) is 18.4 Å². The minimum absolute atomic E-state index is 0.0247. The molecule has 0 heterocycles. The number of aliphatic carboxylic acids is 1. The van der Waals surface area contributed by atoms with Crippen LogP contribution in [0.25, 0.3) is 6.08 Å². The lowest BCUT2D eigenvalue weighted by atomic mass is 10.00. The maximum absolute atomic E-state index is 12.5. The van der Waals surface area contributed by atoms with Crippen LogP contribution in [0.4, 0.5) is 0 Å². The number of carbonyl (C=O) groups is 2. The second kappa shape index (κ2) is 9.19. The molecule has 0 fully saturated rings. The number of Topliss-reactive ketones (excluding diaryl/α,β-unsaturated/α-hetero) is 1. The molecule has 0 aromatic heterocycles. The molecule has 5 nitrogen and oxygen atoms in total. The van der Waals surface area contributed by atoms with Gasteiger partial charge in [-0.15, -0.1) is 0 Å². The van der Waals surface area contributed by atoms with Gasteiger partial charge in [0.1, 0.15) is 24.0 Å². The minimum atomic E-state index is -1.31. The average Bonchev–Trinajstić information content (AvgIpc) is 2.65. The topological polar surface area (TPSA) is 90.2 Å². The Balaban J connectivity index is 2.14. The summed E-state index contributed by atoms with van der Waals surface area (Å²) >= 11 is 0. The largest absolute Gasteiger partial charge is 0.546 e. The summed E-state index contributed by atoms with van der Waals surface area (Å²) in [6.07, 6.45) is 3.46. The number of aryl methyl sites for hydroxylation is 1. The Morgan fingerprint density at radius 1 is 1.12 bits per heavy atom. The monoisotopic (exact) mass is 348 g/mol. The molecular weight excluding hydrogens is 330 g/mol. The molecule has 0 radical (unpaired) electrons. The number of nitriles is 1. The molecule has 0 spiro atoms. The lowest BCUT2D eigenvalue weighted by Gasteiger charge is -2.06. The Kier molecular flexibility index (Phi) is 6.69. The molecule has 0 amide bonds. The molecular formula is C21H18NO4-. The third-order valence-electron chi connectivity index (χ3n) is 3.67. The van der Waals surface area contributed by atoms with Crippen molar-refractivity contribution in [3.8, 4) is 11.8 Å². The van der Waals surface area contributed by atoms with E-state index in [9.17, 15) is 20.0 Å². The first-order valence-corrected chi connectivity index (χ1v) is 8.21. The number of nitrogens with zero attached hydrogens (tertiary/aromatic N) is 1. The molecule has 0 aliphatic carbocycles. The van der Waals surface area contributed by atoms with E-state index in [1.807, 2.05) is 18.2 Å². The summed E-state index contributed by atoms with van der Waals surface area (Å²) < 4.78 is 4.99. The predicted octanol–water partition coefficient (Wildman–Crippen LogP) is 2.56. The molecule has 5 heteroatoms. The third-order valence-corrected chi connectivity index (χ3v) is 3.67. The Morgan fingerprint density at radius 3 is 2.31 bits per heavy atom. The summed E-state index contributed by atoms with van der Waals surface area (Å²) in [5.74, 6) is -1.29. The van der Waals surface area contributed by atoms with Crippen molar-refractivity contribution in [3.05, 3.63) is 70.8 Å². The van der Waals surface area contributed by atoms with Crippen LogP contribution in [0.2, 0.25) is 0 Å². The lowest BCUT2D eigenvalue weighted by Crippen LogP contribution is -2.28. The summed E-state index contributed by atoms with van der Waals surface area (Å²) in [7, 11) is 0. The number of carboxylic acid groups (broad SMARTS) is 1. The van der Waals surface area contributed by atoms with Crippen LogP contribution in [0.15, 0.2) is 54.1 Å². The number of rotatable bonds is 8. The fraction of sp³-hybridized carbons (Fsp3) is 0.190. The zero-order chi connectivity index (χ0) is 18.9. The van der Waals surface area contributed by atoms with E-state index in [-0.39, 0.29) is 11.4 Å². The van der Waals surface area contributed by atoms with Gasteiger partial charge in [0.25, 0.3) is 0 Å². The van der Waals surface area contributed by atoms with E-state index in [4.69, 9.17) is 4.74 Å². The Hall–Kier alpha value is -3.39. The van der Waals surface area contributed by atoms with E-state index in [1.54, 1.807) is 36.4 Å². The summed E-state index contributed by atoms with van der Waals surface area (Å²) in [6.45, 7) is 1.55.